The molecule has 0 radical (unpaired) electrons. The average Bonchev–Trinajstić information content (AvgIpc) is 2.27. The smallest absolute Gasteiger partial charge is 0.342 e. The molecule has 0 aliphatic rings. The third-order valence-corrected chi connectivity index (χ3v) is 2.65. The van der Waals surface area contributed by atoms with Gasteiger partial charge in [0.05, 0.1) is 22.7 Å². The first-order valence-corrected chi connectivity index (χ1v) is 5.59. The summed E-state index contributed by atoms with van der Waals surface area (Å²) in [7, 11) is 0. The molecule has 1 rings (SSSR count). The predicted octanol–water partition coefficient (Wildman–Crippen LogP) is 2.71. The molecule has 0 fully saturated rings. The zero-order valence-electron chi connectivity index (χ0n) is 9.40. The number of alkyl halides is 1. The topological polar surface area (TPSA) is 65.2 Å². The highest BCUT2D eigenvalue weighted by Crippen LogP contribution is 2.30. The van der Waals surface area contributed by atoms with Crippen molar-refractivity contribution in [2.24, 2.45) is 5.73 Å². The van der Waals surface area contributed by atoms with Gasteiger partial charge in [-0.2, -0.15) is 0 Å². The van der Waals surface area contributed by atoms with Crippen LogP contribution in [-0.2, 0) is 9.53 Å². The summed E-state index contributed by atoms with van der Waals surface area (Å²) >= 11 is 11.6. The van der Waals surface area contributed by atoms with E-state index in [0.29, 0.717) is 0 Å². The summed E-state index contributed by atoms with van der Waals surface area (Å²) in [4.78, 5) is 14.9. The highest BCUT2D eigenvalue weighted by molar-refractivity contribution is 6.35. The lowest BCUT2D eigenvalue weighted by Gasteiger charge is -2.17. The van der Waals surface area contributed by atoms with Gasteiger partial charge in [-0.15, -0.1) is 12.4 Å². The number of carbonyl (C=O) groups excluding carboxylic acids is 1. The van der Waals surface area contributed by atoms with Crippen LogP contribution < -0.4 is 5.73 Å². The summed E-state index contributed by atoms with van der Waals surface area (Å²) in [6.07, 6.45) is 0.536. The van der Waals surface area contributed by atoms with Crippen molar-refractivity contribution in [3.63, 3.8) is 0 Å². The minimum absolute atomic E-state index is 0. The number of nitrogens with two attached hydrogens (primary N) is 1. The van der Waals surface area contributed by atoms with E-state index < -0.39 is 18.2 Å². The summed E-state index contributed by atoms with van der Waals surface area (Å²) in [5.41, 5.74) is 5.74. The number of pyridine rings is 1. The van der Waals surface area contributed by atoms with Crippen LogP contribution in [0.25, 0.3) is 0 Å². The molecule has 1 unspecified atom stereocenters. The van der Waals surface area contributed by atoms with Crippen LogP contribution in [0.3, 0.4) is 0 Å². The lowest BCUT2D eigenvalue weighted by Crippen LogP contribution is -2.32. The summed E-state index contributed by atoms with van der Waals surface area (Å²) in [5.74, 6) is -1.04. The van der Waals surface area contributed by atoms with E-state index >= 15 is 0 Å². The Morgan fingerprint density at radius 1 is 1.50 bits per heavy atom. The molecule has 2 atom stereocenters. The van der Waals surface area contributed by atoms with E-state index in [4.69, 9.17) is 28.9 Å². The Balaban J connectivity index is 0.00000289. The highest BCUT2D eigenvalue weighted by atomic mass is 35.5. The van der Waals surface area contributed by atoms with Gasteiger partial charge in [-0.25, -0.2) is 9.18 Å². The Morgan fingerprint density at radius 3 is 2.44 bits per heavy atom. The van der Waals surface area contributed by atoms with Crippen molar-refractivity contribution < 1.29 is 13.9 Å². The Hall–Kier alpha value is -0.620. The maximum Gasteiger partial charge on any atom is 0.342 e. The van der Waals surface area contributed by atoms with Crippen LogP contribution in [0.2, 0.25) is 10.0 Å². The third-order valence-electron chi connectivity index (χ3n) is 2.05. The second-order valence-corrected chi connectivity index (χ2v) is 4.01. The fourth-order valence-electron chi connectivity index (χ4n) is 1.25. The van der Waals surface area contributed by atoms with Gasteiger partial charge in [-0.1, -0.05) is 23.2 Å². The number of carbonyl (C=O) groups is 1. The maximum absolute atomic E-state index is 13.7. The predicted molar refractivity (Wildman–Crippen MR) is 70.0 cm³/mol. The largest absolute Gasteiger partial charge is 0.464 e. The van der Waals surface area contributed by atoms with Gasteiger partial charge in [0.2, 0.25) is 6.17 Å². The van der Waals surface area contributed by atoms with Crippen LogP contribution in [0.4, 0.5) is 4.39 Å². The second-order valence-electron chi connectivity index (χ2n) is 3.20. The van der Waals surface area contributed by atoms with Crippen LogP contribution in [0.1, 0.15) is 18.5 Å². The molecule has 1 aromatic rings. The molecule has 0 aliphatic carbocycles. The lowest BCUT2D eigenvalue weighted by molar-refractivity contribution is -0.149. The maximum atomic E-state index is 13.7. The number of halogens is 4. The van der Waals surface area contributed by atoms with Gasteiger partial charge in [0.1, 0.15) is 0 Å². The van der Waals surface area contributed by atoms with Crippen molar-refractivity contribution in [1.29, 1.82) is 0 Å². The quantitative estimate of drug-likeness (QED) is 0.867. The van der Waals surface area contributed by atoms with Crippen molar-refractivity contribution in [2.75, 3.05) is 6.61 Å². The van der Waals surface area contributed by atoms with Crippen molar-refractivity contribution in [3.05, 3.63) is 28.0 Å². The van der Waals surface area contributed by atoms with E-state index in [2.05, 4.69) is 9.72 Å². The van der Waals surface area contributed by atoms with Crippen molar-refractivity contribution in [1.82, 2.24) is 4.98 Å². The molecule has 0 amide bonds. The average molecular weight is 318 g/mol. The van der Waals surface area contributed by atoms with Gasteiger partial charge in [-0.3, -0.25) is 4.98 Å². The summed E-state index contributed by atoms with van der Waals surface area (Å²) in [6.45, 7) is 1.65. The Bertz CT molecular complexity index is 400. The molecule has 102 valence electrons. The Morgan fingerprint density at radius 2 is 2.00 bits per heavy atom. The number of hydrogen-bond donors (Lipinski definition) is 1. The van der Waals surface area contributed by atoms with E-state index in [1.54, 1.807) is 6.92 Å². The fraction of sp³-hybridized carbons (Fsp3) is 0.400. The summed E-state index contributed by atoms with van der Waals surface area (Å²) in [5, 5.41) is 0.217. The zero-order chi connectivity index (χ0) is 13.0. The first-order valence-electron chi connectivity index (χ1n) is 4.84. The van der Waals surface area contributed by atoms with E-state index in [1.165, 1.54) is 12.4 Å². The molecule has 4 nitrogen and oxygen atoms in total. The number of aromatic nitrogens is 1. The fourth-order valence-corrected chi connectivity index (χ4v) is 1.87. The molecule has 0 bridgehead atoms. The molecule has 0 saturated carbocycles. The summed E-state index contributed by atoms with van der Waals surface area (Å²) < 4.78 is 18.2. The standard InChI is InChI=1S/C10H11Cl2FN2O2.ClH/c1-2-17-10(16)8(13)9(14)7-5(11)3-15-4-6(7)12;/h3-4,8-9H,2,14H2,1H3;1H/t8?,9-;/m0./s1. The summed E-state index contributed by atoms with van der Waals surface area (Å²) in [6, 6.07) is -1.28. The number of nitrogens with zero attached hydrogens (tertiary/aromatic N) is 1. The van der Waals surface area contributed by atoms with Crippen LogP contribution in [0, 0.1) is 0 Å². The van der Waals surface area contributed by atoms with E-state index in [1.807, 2.05) is 0 Å². The third kappa shape index (κ3) is 3.95. The van der Waals surface area contributed by atoms with Crippen molar-refractivity contribution >= 4 is 41.6 Å². The molecule has 1 heterocycles. The van der Waals surface area contributed by atoms with Gasteiger partial charge in [0, 0.05) is 18.0 Å². The lowest BCUT2D eigenvalue weighted by atomic mass is 10.0. The Kier molecular flexibility index (Phi) is 7.47. The zero-order valence-corrected chi connectivity index (χ0v) is 11.7. The van der Waals surface area contributed by atoms with Gasteiger partial charge in [-0.05, 0) is 6.92 Å². The molecule has 0 spiro atoms. The second kappa shape index (κ2) is 7.74. The molecule has 8 heteroatoms. The van der Waals surface area contributed by atoms with E-state index in [-0.39, 0.29) is 34.6 Å². The molecule has 0 saturated heterocycles. The van der Waals surface area contributed by atoms with Gasteiger partial charge in [0.25, 0.3) is 0 Å². The monoisotopic (exact) mass is 316 g/mol. The minimum Gasteiger partial charge on any atom is -0.464 e. The molecule has 1 aromatic heterocycles. The molecule has 0 aliphatic heterocycles. The van der Waals surface area contributed by atoms with Gasteiger partial charge >= 0.3 is 5.97 Å². The first kappa shape index (κ1) is 17.4. The number of esters is 1. The molecule has 2 N–H and O–H groups in total. The molecule has 18 heavy (non-hydrogen) atoms. The highest BCUT2D eigenvalue weighted by Gasteiger charge is 2.30. The Labute approximate surface area is 120 Å². The van der Waals surface area contributed by atoms with Crippen molar-refractivity contribution in [3.8, 4) is 0 Å². The van der Waals surface area contributed by atoms with E-state index in [9.17, 15) is 9.18 Å². The van der Waals surface area contributed by atoms with Crippen LogP contribution in [-0.4, -0.2) is 23.7 Å². The first-order chi connectivity index (χ1) is 7.99. The van der Waals surface area contributed by atoms with Crippen LogP contribution >= 0.6 is 35.6 Å². The molecule has 0 aromatic carbocycles. The number of hydrogen-bond acceptors (Lipinski definition) is 4. The molecular weight excluding hydrogens is 305 g/mol. The van der Waals surface area contributed by atoms with Gasteiger partial charge in [0.15, 0.2) is 0 Å². The van der Waals surface area contributed by atoms with Crippen LogP contribution in [0.5, 0.6) is 0 Å². The van der Waals surface area contributed by atoms with Crippen LogP contribution in [0.15, 0.2) is 12.4 Å². The van der Waals surface area contributed by atoms with Gasteiger partial charge < -0.3 is 10.5 Å². The number of rotatable bonds is 4. The number of ether oxygens (including phenoxy) is 1. The van der Waals surface area contributed by atoms with Crippen molar-refractivity contribution in [2.45, 2.75) is 19.1 Å². The SMILES string of the molecule is CCOC(=O)C(F)[C@@H](N)c1c(Cl)cncc1Cl.Cl. The molecular formula is C10H12Cl3FN2O2. The van der Waals surface area contributed by atoms with E-state index in [0.717, 1.165) is 0 Å². The minimum atomic E-state index is -2.02. The normalized spacial score (nSPS) is 13.4.